The Kier molecular flexibility index (Phi) is 6.71. The van der Waals surface area contributed by atoms with E-state index in [4.69, 9.17) is 14.2 Å². The van der Waals surface area contributed by atoms with Gasteiger partial charge in [0.25, 0.3) is 0 Å². The summed E-state index contributed by atoms with van der Waals surface area (Å²) in [7, 11) is 1.43. The van der Waals surface area contributed by atoms with Gasteiger partial charge in [-0.2, -0.15) is 0 Å². The molecule has 0 saturated carbocycles. The molecule has 5 nitrogen and oxygen atoms in total. The van der Waals surface area contributed by atoms with Gasteiger partial charge in [0.05, 0.1) is 32.2 Å². The molecule has 0 aromatic heterocycles. The SMILES string of the molecule is CCC[C@@H]1C[C@H]([C@@H]2[C@H](/C=C(/C)C(=O)OC)[C@H]3C=C[C@@H]2O3)OCN1Cc1ccccc1. The average Bonchev–Trinajstić information content (AvgIpc) is 3.37. The fourth-order valence-electron chi connectivity index (χ4n) is 5.23. The molecule has 3 aliphatic heterocycles. The third-order valence-corrected chi connectivity index (χ3v) is 6.71. The third-order valence-electron chi connectivity index (χ3n) is 6.71. The van der Waals surface area contributed by atoms with E-state index in [2.05, 4.69) is 54.3 Å². The Morgan fingerprint density at radius 2 is 2.00 bits per heavy atom. The summed E-state index contributed by atoms with van der Waals surface area (Å²) in [6.45, 7) is 5.62. The Balaban J connectivity index is 1.49. The van der Waals surface area contributed by atoms with Gasteiger partial charge in [-0.15, -0.1) is 0 Å². The van der Waals surface area contributed by atoms with Crippen molar-refractivity contribution >= 4 is 5.97 Å². The zero-order valence-electron chi connectivity index (χ0n) is 18.2. The molecule has 4 rings (SSSR count). The van der Waals surface area contributed by atoms with Crippen LogP contribution in [0.4, 0.5) is 0 Å². The van der Waals surface area contributed by atoms with Gasteiger partial charge in [-0.05, 0) is 25.3 Å². The molecule has 0 amide bonds. The Hall–Kier alpha value is -1.95. The highest BCUT2D eigenvalue weighted by atomic mass is 16.5. The zero-order valence-corrected chi connectivity index (χ0v) is 18.2. The van der Waals surface area contributed by atoms with Crippen molar-refractivity contribution in [3.63, 3.8) is 0 Å². The highest BCUT2D eigenvalue weighted by Crippen LogP contribution is 2.45. The standard InChI is InChI=1S/C25H33NO4/c1-4-8-19-14-23(29-16-26(19)15-18-9-6-5-7-10-18)24-20(13-17(2)25(27)28-3)21-11-12-22(24)30-21/h5-7,9-13,19-24H,4,8,14-16H2,1-3H3/b17-13-/t19-,20-,21-,22+,23-,24-/m1/s1. The Labute approximate surface area is 179 Å². The van der Waals surface area contributed by atoms with Gasteiger partial charge in [-0.25, -0.2) is 4.79 Å². The summed E-state index contributed by atoms with van der Waals surface area (Å²) in [5.74, 6) is 0.104. The first-order valence-corrected chi connectivity index (χ1v) is 11.1. The van der Waals surface area contributed by atoms with Crippen LogP contribution in [0.1, 0.15) is 38.7 Å². The molecule has 2 saturated heterocycles. The molecule has 0 spiro atoms. The van der Waals surface area contributed by atoms with Crippen molar-refractivity contribution < 1.29 is 19.0 Å². The van der Waals surface area contributed by atoms with Crippen LogP contribution in [-0.2, 0) is 25.5 Å². The number of hydrogen-bond donors (Lipinski definition) is 0. The molecular weight excluding hydrogens is 378 g/mol. The summed E-state index contributed by atoms with van der Waals surface area (Å²) in [5, 5.41) is 0. The van der Waals surface area contributed by atoms with Crippen molar-refractivity contribution in [3.8, 4) is 0 Å². The predicted octanol–water partition coefficient (Wildman–Crippen LogP) is 4.09. The van der Waals surface area contributed by atoms with Crippen molar-refractivity contribution in [2.75, 3.05) is 13.8 Å². The van der Waals surface area contributed by atoms with Gasteiger partial charge < -0.3 is 14.2 Å². The van der Waals surface area contributed by atoms with E-state index >= 15 is 0 Å². The molecule has 2 bridgehead atoms. The van der Waals surface area contributed by atoms with E-state index < -0.39 is 0 Å². The van der Waals surface area contributed by atoms with E-state index in [0.717, 1.165) is 25.8 Å². The summed E-state index contributed by atoms with van der Waals surface area (Å²) in [6.07, 6.45) is 9.85. The third kappa shape index (κ3) is 4.39. The molecule has 2 fully saturated rings. The summed E-state index contributed by atoms with van der Waals surface area (Å²) < 4.78 is 17.5. The van der Waals surface area contributed by atoms with Crippen LogP contribution in [0.15, 0.2) is 54.1 Å². The van der Waals surface area contributed by atoms with Crippen LogP contribution in [0.5, 0.6) is 0 Å². The maximum Gasteiger partial charge on any atom is 0.333 e. The first-order chi connectivity index (χ1) is 14.6. The van der Waals surface area contributed by atoms with Gasteiger partial charge in [0.2, 0.25) is 0 Å². The highest BCUT2D eigenvalue weighted by Gasteiger charge is 2.50. The van der Waals surface area contributed by atoms with E-state index in [0.29, 0.717) is 18.3 Å². The maximum absolute atomic E-state index is 12.0. The van der Waals surface area contributed by atoms with Crippen LogP contribution >= 0.6 is 0 Å². The van der Waals surface area contributed by atoms with E-state index in [1.165, 1.54) is 12.7 Å². The number of fused-ring (bicyclic) bond motifs is 2. The predicted molar refractivity (Wildman–Crippen MR) is 116 cm³/mol. The molecule has 1 aromatic carbocycles. The largest absolute Gasteiger partial charge is 0.466 e. The molecule has 3 aliphatic rings. The topological polar surface area (TPSA) is 48.0 Å². The molecule has 0 N–H and O–H groups in total. The lowest BCUT2D eigenvalue weighted by molar-refractivity contribution is -0.136. The van der Waals surface area contributed by atoms with E-state index in [-0.39, 0.29) is 36.1 Å². The Morgan fingerprint density at radius 1 is 1.23 bits per heavy atom. The molecule has 6 atom stereocenters. The maximum atomic E-state index is 12.0. The number of nitrogens with zero attached hydrogens (tertiary/aromatic N) is 1. The van der Waals surface area contributed by atoms with Crippen LogP contribution < -0.4 is 0 Å². The molecular formula is C25H33NO4. The second kappa shape index (κ2) is 9.46. The average molecular weight is 412 g/mol. The smallest absolute Gasteiger partial charge is 0.333 e. The van der Waals surface area contributed by atoms with Crippen LogP contribution in [-0.4, -0.2) is 49.1 Å². The van der Waals surface area contributed by atoms with Crippen molar-refractivity contribution in [2.45, 2.75) is 64.0 Å². The molecule has 0 aliphatic carbocycles. The number of carbonyl (C=O) groups excluding carboxylic acids is 1. The summed E-state index contributed by atoms with van der Waals surface area (Å²) in [4.78, 5) is 14.4. The van der Waals surface area contributed by atoms with Crippen LogP contribution in [0, 0.1) is 11.8 Å². The molecule has 3 heterocycles. The second-order valence-corrected chi connectivity index (χ2v) is 8.69. The van der Waals surface area contributed by atoms with Gasteiger partial charge in [0.1, 0.15) is 0 Å². The van der Waals surface area contributed by atoms with Crippen molar-refractivity contribution in [1.29, 1.82) is 0 Å². The molecule has 30 heavy (non-hydrogen) atoms. The molecule has 5 heteroatoms. The quantitative estimate of drug-likeness (QED) is 0.384. The summed E-state index contributed by atoms with van der Waals surface area (Å²) >= 11 is 0. The van der Waals surface area contributed by atoms with Crippen LogP contribution in [0.25, 0.3) is 0 Å². The number of rotatable bonds is 7. The number of methoxy groups -OCH3 is 1. The molecule has 0 radical (unpaired) electrons. The van der Waals surface area contributed by atoms with Crippen molar-refractivity contribution in [3.05, 3.63) is 59.7 Å². The lowest BCUT2D eigenvalue weighted by Crippen LogP contribution is -2.49. The first-order valence-electron chi connectivity index (χ1n) is 11.1. The minimum Gasteiger partial charge on any atom is -0.466 e. The number of benzene rings is 1. The fourth-order valence-corrected chi connectivity index (χ4v) is 5.23. The van der Waals surface area contributed by atoms with E-state index in [1.807, 2.05) is 13.0 Å². The Morgan fingerprint density at radius 3 is 2.73 bits per heavy atom. The second-order valence-electron chi connectivity index (χ2n) is 8.69. The number of esters is 1. The van der Waals surface area contributed by atoms with Gasteiger partial charge in [0.15, 0.2) is 0 Å². The van der Waals surface area contributed by atoms with Crippen molar-refractivity contribution in [2.24, 2.45) is 11.8 Å². The van der Waals surface area contributed by atoms with Gasteiger partial charge in [-0.3, -0.25) is 4.90 Å². The number of carbonyl (C=O) groups is 1. The van der Waals surface area contributed by atoms with Crippen molar-refractivity contribution in [1.82, 2.24) is 4.90 Å². The van der Waals surface area contributed by atoms with E-state index in [1.54, 1.807) is 0 Å². The lowest BCUT2D eigenvalue weighted by Gasteiger charge is -2.43. The monoisotopic (exact) mass is 411 g/mol. The Bertz CT molecular complexity index is 790. The molecule has 1 aromatic rings. The van der Waals surface area contributed by atoms with Gasteiger partial charge in [-0.1, -0.05) is 61.9 Å². The molecule has 162 valence electrons. The lowest BCUT2D eigenvalue weighted by atomic mass is 9.76. The normalized spacial score (nSPS) is 33.8. The number of ether oxygens (including phenoxy) is 3. The fraction of sp³-hybridized carbons (Fsp3) is 0.560. The van der Waals surface area contributed by atoms with E-state index in [9.17, 15) is 4.79 Å². The highest BCUT2D eigenvalue weighted by molar-refractivity contribution is 5.87. The summed E-state index contributed by atoms with van der Waals surface area (Å²) in [5.41, 5.74) is 1.96. The van der Waals surface area contributed by atoms with Gasteiger partial charge >= 0.3 is 5.97 Å². The van der Waals surface area contributed by atoms with Gasteiger partial charge in [0, 0.05) is 30.0 Å². The minimum atomic E-state index is -0.275. The molecule has 0 unspecified atom stereocenters. The minimum absolute atomic E-state index is 0.0233. The first kappa shape index (κ1) is 21.3. The zero-order chi connectivity index (χ0) is 21.1. The summed E-state index contributed by atoms with van der Waals surface area (Å²) in [6, 6.07) is 11.1. The van der Waals surface area contributed by atoms with Crippen LogP contribution in [0.2, 0.25) is 0 Å². The number of hydrogen-bond acceptors (Lipinski definition) is 5. The van der Waals surface area contributed by atoms with Crippen LogP contribution in [0.3, 0.4) is 0 Å².